The molecule has 2 rings (SSSR count). The number of hydrogen-bond donors (Lipinski definition) is 2. The van der Waals surface area contributed by atoms with Crippen LogP contribution in [-0.4, -0.2) is 45.8 Å². The van der Waals surface area contributed by atoms with Crippen molar-refractivity contribution in [3.05, 3.63) is 41.5 Å². The fraction of sp³-hybridized carbons (Fsp3) is 0.529. The standard InChI is InChI=1S/C17H28N6.HI/c1-5-18-17(23(4)13-16-9-7-11-22(16)3)19-10-6-8-15-12-20-21-14(15)2;/h7,9,11-12H,5-6,8,10,13H2,1-4H3,(H,18,19)(H,20,21);1H. The van der Waals surface area contributed by atoms with Crippen LogP contribution in [0, 0.1) is 6.92 Å². The van der Waals surface area contributed by atoms with Gasteiger partial charge in [-0.3, -0.25) is 10.1 Å². The lowest BCUT2D eigenvalue weighted by Gasteiger charge is -2.22. The van der Waals surface area contributed by atoms with Gasteiger partial charge in [0.05, 0.1) is 12.7 Å². The molecule has 134 valence electrons. The van der Waals surface area contributed by atoms with Gasteiger partial charge in [0.2, 0.25) is 0 Å². The van der Waals surface area contributed by atoms with Crippen LogP contribution >= 0.6 is 24.0 Å². The highest BCUT2D eigenvalue weighted by atomic mass is 127. The Morgan fingerprint density at radius 3 is 2.83 bits per heavy atom. The van der Waals surface area contributed by atoms with E-state index in [4.69, 9.17) is 4.99 Å². The molecule has 0 aliphatic carbocycles. The monoisotopic (exact) mass is 444 g/mol. The van der Waals surface area contributed by atoms with Gasteiger partial charge < -0.3 is 14.8 Å². The Labute approximate surface area is 161 Å². The van der Waals surface area contributed by atoms with Crippen molar-refractivity contribution in [2.24, 2.45) is 12.0 Å². The molecule has 2 aromatic rings. The SMILES string of the molecule is CCNC(=NCCCc1cn[nH]c1C)N(C)Cc1cccn1C.I. The van der Waals surface area contributed by atoms with Crippen LogP contribution in [0.1, 0.15) is 30.3 Å². The van der Waals surface area contributed by atoms with E-state index in [9.17, 15) is 0 Å². The van der Waals surface area contributed by atoms with Crippen LogP contribution in [0.3, 0.4) is 0 Å². The molecule has 0 amide bonds. The largest absolute Gasteiger partial charge is 0.357 e. The van der Waals surface area contributed by atoms with Crippen molar-refractivity contribution in [3.8, 4) is 0 Å². The number of halogens is 1. The first-order valence-electron chi connectivity index (χ1n) is 8.20. The van der Waals surface area contributed by atoms with E-state index in [-0.39, 0.29) is 24.0 Å². The molecule has 7 heteroatoms. The number of aromatic nitrogens is 3. The average Bonchev–Trinajstić information content (AvgIpc) is 3.11. The fourth-order valence-corrected chi connectivity index (χ4v) is 2.53. The highest BCUT2D eigenvalue weighted by molar-refractivity contribution is 14.0. The van der Waals surface area contributed by atoms with E-state index in [1.54, 1.807) is 0 Å². The molecule has 2 N–H and O–H groups in total. The maximum absolute atomic E-state index is 4.74. The van der Waals surface area contributed by atoms with Crippen LogP contribution < -0.4 is 5.32 Å². The predicted octanol–water partition coefficient (Wildman–Crippen LogP) is 2.70. The normalized spacial score (nSPS) is 11.2. The van der Waals surface area contributed by atoms with Gasteiger partial charge in [0.15, 0.2) is 5.96 Å². The first-order chi connectivity index (χ1) is 11.1. The summed E-state index contributed by atoms with van der Waals surface area (Å²) in [5.74, 6) is 0.956. The molecule has 0 saturated heterocycles. The summed E-state index contributed by atoms with van der Waals surface area (Å²) in [5.41, 5.74) is 3.70. The van der Waals surface area contributed by atoms with Gasteiger partial charge in [-0.2, -0.15) is 5.10 Å². The zero-order valence-corrected chi connectivity index (χ0v) is 17.4. The van der Waals surface area contributed by atoms with Crippen molar-refractivity contribution >= 4 is 29.9 Å². The summed E-state index contributed by atoms with van der Waals surface area (Å²) in [6.45, 7) is 6.68. The van der Waals surface area contributed by atoms with E-state index in [1.165, 1.54) is 11.3 Å². The molecule has 0 saturated carbocycles. The molecule has 0 aromatic carbocycles. The minimum Gasteiger partial charge on any atom is -0.357 e. The maximum Gasteiger partial charge on any atom is 0.194 e. The van der Waals surface area contributed by atoms with Gasteiger partial charge in [0, 0.05) is 44.8 Å². The lowest BCUT2D eigenvalue weighted by molar-refractivity contribution is 0.461. The van der Waals surface area contributed by atoms with Crippen LogP contribution in [0.15, 0.2) is 29.5 Å². The number of rotatable bonds is 7. The molecule has 2 aromatic heterocycles. The van der Waals surface area contributed by atoms with Crippen LogP contribution in [0.5, 0.6) is 0 Å². The molecule has 6 nitrogen and oxygen atoms in total. The summed E-state index contributed by atoms with van der Waals surface area (Å²) in [6.07, 6.45) is 6.01. The summed E-state index contributed by atoms with van der Waals surface area (Å²) in [6, 6.07) is 4.21. The molecule has 0 atom stereocenters. The lowest BCUT2D eigenvalue weighted by atomic mass is 10.1. The molecular weight excluding hydrogens is 415 g/mol. The fourth-order valence-electron chi connectivity index (χ4n) is 2.53. The Balaban J connectivity index is 0.00000288. The average molecular weight is 444 g/mol. The Hall–Kier alpha value is -1.51. The molecular formula is C17H29IN6. The first kappa shape index (κ1) is 20.5. The summed E-state index contributed by atoms with van der Waals surface area (Å²) >= 11 is 0. The summed E-state index contributed by atoms with van der Waals surface area (Å²) in [7, 11) is 4.15. The Bertz CT molecular complexity index is 631. The molecule has 0 unspecified atom stereocenters. The molecule has 0 radical (unpaired) electrons. The van der Waals surface area contributed by atoms with Gasteiger partial charge in [-0.15, -0.1) is 24.0 Å². The highest BCUT2D eigenvalue weighted by Gasteiger charge is 2.08. The molecule has 0 aliphatic heterocycles. The van der Waals surface area contributed by atoms with E-state index in [0.29, 0.717) is 0 Å². The molecule has 0 aliphatic rings. The van der Waals surface area contributed by atoms with E-state index < -0.39 is 0 Å². The third-order valence-corrected chi connectivity index (χ3v) is 3.95. The van der Waals surface area contributed by atoms with Crippen LogP contribution in [0.2, 0.25) is 0 Å². The topological polar surface area (TPSA) is 61.2 Å². The Morgan fingerprint density at radius 2 is 2.25 bits per heavy atom. The number of hydrogen-bond acceptors (Lipinski definition) is 2. The summed E-state index contributed by atoms with van der Waals surface area (Å²) in [4.78, 5) is 6.91. The number of nitrogens with one attached hydrogen (secondary N) is 2. The van der Waals surface area contributed by atoms with Crippen molar-refractivity contribution in [3.63, 3.8) is 0 Å². The maximum atomic E-state index is 4.74. The van der Waals surface area contributed by atoms with Gasteiger partial charge in [-0.25, -0.2) is 0 Å². The number of aliphatic imine (C=N–C) groups is 1. The van der Waals surface area contributed by atoms with E-state index in [0.717, 1.165) is 44.1 Å². The quantitative estimate of drug-likeness (QED) is 0.299. The number of guanidine groups is 1. The van der Waals surface area contributed by atoms with Gasteiger partial charge in [-0.1, -0.05) is 0 Å². The van der Waals surface area contributed by atoms with Crippen molar-refractivity contribution in [2.45, 2.75) is 33.2 Å². The zero-order valence-electron chi connectivity index (χ0n) is 15.0. The molecule has 0 bridgehead atoms. The molecule has 0 spiro atoms. The Morgan fingerprint density at radius 1 is 1.46 bits per heavy atom. The minimum absolute atomic E-state index is 0. The molecule has 24 heavy (non-hydrogen) atoms. The van der Waals surface area contributed by atoms with Crippen molar-refractivity contribution < 1.29 is 0 Å². The number of H-pyrrole nitrogens is 1. The predicted molar refractivity (Wildman–Crippen MR) is 110 cm³/mol. The van der Waals surface area contributed by atoms with E-state index in [2.05, 4.69) is 71.3 Å². The first-order valence-corrected chi connectivity index (χ1v) is 8.20. The summed E-state index contributed by atoms with van der Waals surface area (Å²) in [5, 5.41) is 10.4. The van der Waals surface area contributed by atoms with Gasteiger partial charge in [-0.05, 0) is 44.4 Å². The van der Waals surface area contributed by atoms with Crippen LogP contribution in [0.4, 0.5) is 0 Å². The van der Waals surface area contributed by atoms with E-state index >= 15 is 0 Å². The third-order valence-electron chi connectivity index (χ3n) is 3.95. The number of nitrogens with zero attached hydrogens (tertiary/aromatic N) is 4. The number of aromatic amines is 1. The van der Waals surface area contributed by atoms with Gasteiger partial charge in [0.1, 0.15) is 0 Å². The lowest BCUT2D eigenvalue weighted by Crippen LogP contribution is -2.38. The molecule has 2 heterocycles. The van der Waals surface area contributed by atoms with Crippen molar-refractivity contribution in [2.75, 3.05) is 20.1 Å². The van der Waals surface area contributed by atoms with Gasteiger partial charge in [0.25, 0.3) is 0 Å². The Kier molecular flexibility index (Phi) is 8.88. The van der Waals surface area contributed by atoms with Crippen molar-refractivity contribution in [1.82, 2.24) is 25.0 Å². The number of aryl methyl sites for hydroxylation is 3. The van der Waals surface area contributed by atoms with Crippen molar-refractivity contribution in [1.29, 1.82) is 0 Å². The highest BCUT2D eigenvalue weighted by Crippen LogP contribution is 2.07. The zero-order chi connectivity index (χ0) is 16.7. The second-order valence-electron chi connectivity index (χ2n) is 5.83. The second-order valence-corrected chi connectivity index (χ2v) is 5.83. The smallest absolute Gasteiger partial charge is 0.194 e. The second kappa shape index (κ2) is 10.4. The van der Waals surface area contributed by atoms with Crippen LogP contribution in [0.25, 0.3) is 0 Å². The van der Waals surface area contributed by atoms with Crippen LogP contribution in [-0.2, 0) is 20.0 Å². The van der Waals surface area contributed by atoms with E-state index in [1.807, 2.05) is 6.20 Å². The van der Waals surface area contributed by atoms with Gasteiger partial charge >= 0.3 is 0 Å². The molecule has 0 fully saturated rings. The summed E-state index contributed by atoms with van der Waals surface area (Å²) < 4.78 is 2.14. The third kappa shape index (κ3) is 5.85. The minimum atomic E-state index is 0.